The second-order valence-corrected chi connectivity index (χ2v) is 4.39. The quantitative estimate of drug-likeness (QED) is 0.840. The summed E-state index contributed by atoms with van der Waals surface area (Å²) < 4.78 is 1.87. The smallest absolute Gasteiger partial charge is 0.337 e. The Bertz CT molecular complexity index is 552. The molecule has 3 heteroatoms. The SMILES string of the molecule is CC(C)c1ccc2c(C(=O)O)cn(C)c2c1. The topological polar surface area (TPSA) is 42.2 Å². The first-order chi connectivity index (χ1) is 7.50. The molecule has 0 saturated heterocycles. The molecule has 0 aliphatic carbocycles. The predicted octanol–water partition coefficient (Wildman–Crippen LogP) is 3.00. The number of fused-ring (bicyclic) bond motifs is 1. The fourth-order valence-corrected chi connectivity index (χ4v) is 1.93. The van der Waals surface area contributed by atoms with Crippen molar-refractivity contribution in [2.45, 2.75) is 19.8 Å². The first kappa shape index (κ1) is 10.7. The highest BCUT2D eigenvalue weighted by Gasteiger charge is 2.13. The molecule has 0 spiro atoms. The van der Waals surface area contributed by atoms with Crippen LogP contribution in [-0.2, 0) is 7.05 Å². The van der Waals surface area contributed by atoms with Crippen molar-refractivity contribution in [2.75, 3.05) is 0 Å². The summed E-state index contributed by atoms with van der Waals surface area (Å²) in [5, 5.41) is 9.87. The number of carboxylic acid groups (broad SMARTS) is 1. The van der Waals surface area contributed by atoms with E-state index in [0.29, 0.717) is 11.5 Å². The Morgan fingerprint density at radius 1 is 1.38 bits per heavy atom. The zero-order valence-electron chi connectivity index (χ0n) is 9.69. The Morgan fingerprint density at radius 2 is 2.06 bits per heavy atom. The van der Waals surface area contributed by atoms with E-state index in [2.05, 4.69) is 19.9 Å². The number of aromatic carboxylic acids is 1. The van der Waals surface area contributed by atoms with Crippen molar-refractivity contribution >= 4 is 16.9 Å². The van der Waals surface area contributed by atoms with Crippen molar-refractivity contribution in [1.29, 1.82) is 0 Å². The molecule has 1 aromatic carbocycles. The molecule has 0 aliphatic rings. The van der Waals surface area contributed by atoms with Crippen molar-refractivity contribution in [1.82, 2.24) is 4.57 Å². The van der Waals surface area contributed by atoms with Crippen molar-refractivity contribution in [3.63, 3.8) is 0 Å². The molecule has 0 atom stereocenters. The minimum atomic E-state index is -0.872. The Morgan fingerprint density at radius 3 is 2.62 bits per heavy atom. The zero-order valence-corrected chi connectivity index (χ0v) is 9.69. The Kier molecular flexibility index (Phi) is 2.46. The van der Waals surface area contributed by atoms with E-state index in [1.165, 1.54) is 5.56 Å². The van der Waals surface area contributed by atoms with Gasteiger partial charge in [0.15, 0.2) is 0 Å². The lowest BCUT2D eigenvalue weighted by atomic mass is 10.0. The minimum Gasteiger partial charge on any atom is -0.478 e. The predicted molar refractivity (Wildman–Crippen MR) is 64.0 cm³/mol. The number of carboxylic acids is 1. The van der Waals surface area contributed by atoms with Crippen LogP contribution in [0.1, 0.15) is 35.7 Å². The van der Waals surface area contributed by atoms with Crippen LogP contribution in [0.4, 0.5) is 0 Å². The number of carbonyl (C=O) groups is 1. The van der Waals surface area contributed by atoms with E-state index in [9.17, 15) is 4.79 Å². The van der Waals surface area contributed by atoms with Crippen molar-refractivity contribution in [3.05, 3.63) is 35.5 Å². The van der Waals surface area contributed by atoms with Gasteiger partial charge in [-0.1, -0.05) is 26.0 Å². The number of hydrogen-bond acceptors (Lipinski definition) is 1. The summed E-state index contributed by atoms with van der Waals surface area (Å²) in [7, 11) is 1.87. The molecule has 84 valence electrons. The van der Waals surface area contributed by atoms with Crippen molar-refractivity contribution < 1.29 is 9.90 Å². The van der Waals surface area contributed by atoms with Crippen LogP contribution in [0.25, 0.3) is 10.9 Å². The minimum absolute atomic E-state index is 0.368. The molecule has 0 bridgehead atoms. The molecule has 16 heavy (non-hydrogen) atoms. The molecule has 0 saturated carbocycles. The third-order valence-electron chi connectivity index (χ3n) is 2.91. The van der Waals surface area contributed by atoms with Gasteiger partial charge in [-0.25, -0.2) is 4.79 Å². The summed E-state index contributed by atoms with van der Waals surface area (Å²) in [5.74, 6) is -0.421. The van der Waals surface area contributed by atoms with Crippen molar-refractivity contribution in [2.24, 2.45) is 7.05 Å². The van der Waals surface area contributed by atoms with E-state index in [1.54, 1.807) is 6.20 Å². The van der Waals surface area contributed by atoms with E-state index in [-0.39, 0.29) is 0 Å². The summed E-state index contributed by atoms with van der Waals surface area (Å²) in [5.41, 5.74) is 2.57. The summed E-state index contributed by atoms with van der Waals surface area (Å²) in [4.78, 5) is 11.0. The summed E-state index contributed by atoms with van der Waals surface area (Å²) >= 11 is 0. The number of aryl methyl sites for hydroxylation is 1. The van der Waals surface area contributed by atoms with E-state index in [4.69, 9.17) is 5.11 Å². The van der Waals surface area contributed by atoms with Crippen LogP contribution < -0.4 is 0 Å². The highest BCUT2D eigenvalue weighted by Crippen LogP contribution is 2.25. The van der Waals surface area contributed by atoms with Crippen LogP contribution in [0.5, 0.6) is 0 Å². The van der Waals surface area contributed by atoms with Crippen molar-refractivity contribution in [3.8, 4) is 0 Å². The lowest BCUT2D eigenvalue weighted by Crippen LogP contribution is -1.94. The third kappa shape index (κ3) is 1.58. The highest BCUT2D eigenvalue weighted by atomic mass is 16.4. The van der Waals surface area contributed by atoms with Gasteiger partial charge in [-0.05, 0) is 17.5 Å². The van der Waals surface area contributed by atoms with Crippen LogP contribution >= 0.6 is 0 Å². The maximum Gasteiger partial charge on any atom is 0.337 e. The molecule has 0 unspecified atom stereocenters. The van der Waals surface area contributed by atoms with Gasteiger partial charge in [-0.2, -0.15) is 0 Å². The average molecular weight is 217 g/mol. The van der Waals surface area contributed by atoms with E-state index < -0.39 is 5.97 Å². The van der Waals surface area contributed by atoms with Gasteiger partial charge in [0.1, 0.15) is 0 Å². The third-order valence-corrected chi connectivity index (χ3v) is 2.91. The fraction of sp³-hybridized carbons (Fsp3) is 0.308. The Balaban J connectivity index is 2.71. The lowest BCUT2D eigenvalue weighted by Gasteiger charge is -2.05. The van der Waals surface area contributed by atoms with Gasteiger partial charge >= 0.3 is 5.97 Å². The monoisotopic (exact) mass is 217 g/mol. The first-order valence-corrected chi connectivity index (χ1v) is 5.33. The molecule has 2 aromatic rings. The summed E-state index contributed by atoms with van der Waals surface area (Å²) in [6, 6.07) is 5.96. The molecule has 3 nitrogen and oxygen atoms in total. The molecule has 1 N–H and O–H groups in total. The fourth-order valence-electron chi connectivity index (χ4n) is 1.93. The molecule has 0 fully saturated rings. The molecule has 0 radical (unpaired) electrons. The van der Waals surface area contributed by atoms with Gasteiger partial charge in [0, 0.05) is 24.1 Å². The summed E-state index contributed by atoms with van der Waals surface area (Å²) in [6.07, 6.45) is 1.66. The number of nitrogens with zero attached hydrogens (tertiary/aromatic N) is 1. The number of benzene rings is 1. The van der Waals surface area contributed by atoms with E-state index in [0.717, 1.165) is 10.9 Å². The second-order valence-electron chi connectivity index (χ2n) is 4.39. The average Bonchev–Trinajstić information content (AvgIpc) is 2.56. The van der Waals surface area contributed by atoms with Gasteiger partial charge in [0.2, 0.25) is 0 Å². The molecular formula is C13H15NO2. The molecule has 1 heterocycles. The highest BCUT2D eigenvalue weighted by molar-refractivity contribution is 6.03. The number of hydrogen-bond donors (Lipinski definition) is 1. The molecule has 1 aromatic heterocycles. The maximum atomic E-state index is 11.0. The van der Waals surface area contributed by atoms with Gasteiger partial charge < -0.3 is 9.67 Å². The first-order valence-electron chi connectivity index (χ1n) is 5.33. The largest absolute Gasteiger partial charge is 0.478 e. The normalized spacial score (nSPS) is 11.2. The second kappa shape index (κ2) is 3.67. The number of aromatic nitrogens is 1. The van der Waals surface area contributed by atoms with Gasteiger partial charge in [-0.15, -0.1) is 0 Å². The number of rotatable bonds is 2. The van der Waals surface area contributed by atoms with Crippen LogP contribution in [0.15, 0.2) is 24.4 Å². The van der Waals surface area contributed by atoms with Gasteiger partial charge in [0.05, 0.1) is 5.56 Å². The van der Waals surface area contributed by atoms with Crippen LogP contribution in [-0.4, -0.2) is 15.6 Å². The Labute approximate surface area is 94.3 Å². The molecule has 0 aliphatic heterocycles. The molecule has 2 rings (SSSR count). The van der Waals surface area contributed by atoms with E-state index >= 15 is 0 Å². The van der Waals surface area contributed by atoms with Crippen LogP contribution in [0.2, 0.25) is 0 Å². The van der Waals surface area contributed by atoms with Gasteiger partial charge in [-0.3, -0.25) is 0 Å². The molecule has 0 amide bonds. The Hall–Kier alpha value is -1.77. The zero-order chi connectivity index (χ0) is 11.9. The van der Waals surface area contributed by atoms with Gasteiger partial charge in [0.25, 0.3) is 0 Å². The van der Waals surface area contributed by atoms with Crippen LogP contribution in [0, 0.1) is 0 Å². The summed E-state index contributed by atoms with van der Waals surface area (Å²) in [6.45, 7) is 4.25. The maximum absolute atomic E-state index is 11.0. The van der Waals surface area contributed by atoms with E-state index in [1.807, 2.05) is 23.7 Å². The lowest BCUT2D eigenvalue weighted by molar-refractivity contribution is 0.0699. The molecular weight excluding hydrogens is 202 g/mol. The standard InChI is InChI=1S/C13H15NO2/c1-8(2)9-4-5-10-11(13(15)16)7-14(3)12(10)6-9/h4-8H,1-3H3,(H,15,16). The van der Waals surface area contributed by atoms with Crippen LogP contribution in [0.3, 0.4) is 0 Å².